The van der Waals surface area contributed by atoms with Crippen LogP contribution in [0.25, 0.3) is 0 Å². The van der Waals surface area contributed by atoms with Gasteiger partial charge in [-0.15, -0.1) is 10.2 Å². The Balaban J connectivity index is 1.67. The Hall–Kier alpha value is -3.79. The minimum Gasteiger partial charge on any atom is -0.495 e. The van der Waals surface area contributed by atoms with Crippen molar-refractivity contribution in [3.63, 3.8) is 0 Å². The van der Waals surface area contributed by atoms with Crippen molar-refractivity contribution < 1.29 is 13.9 Å². The largest absolute Gasteiger partial charge is 0.495 e. The molecule has 1 aliphatic rings. The molecular formula is C21H22FN7O2. The van der Waals surface area contributed by atoms with E-state index in [0.29, 0.717) is 17.1 Å². The molecule has 0 atom stereocenters. The zero-order chi connectivity index (χ0) is 22.0. The third-order valence-corrected chi connectivity index (χ3v) is 4.98. The number of primary amides is 1. The van der Waals surface area contributed by atoms with Crippen LogP contribution in [0.2, 0.25) is 0 Å². The van der Waals surface area contributed by atoms with Gasteiger partial charge in [0.15, 0.2) is 11.5 Å². The van der Waals surface area contributed by atoms with Crippen molar-refractivity contribution in [3.05, 3.63) is 59.0 Å². The summed E-state index contributed by atoms with van der Waals surface area (Å²) in [6.07, 6.45) is 0.940. The highest BCUT2D eigenvalue weighted by Crippen LogP contribution is 2.33. The van der Waals surface area contributed by atoms with Gasteiger partial charge in [-0.3, -0.25) is 4.79 Å². The smallest absolute Gasteiger partial charge is 0.273 e. The number of rotatable bonds is 6. The number of nitrogens with one attached hydrogen (secondary N) is 2. The Morgan fingerprint density at radius 3 is 2.77 bits per heavy atom. The lowest BCUT2D eigenvalue weighted by Crippen LogP contribution is -2.26. The number of hydrogen-bond donors (Lipinski definition) is 3. The van der Waals surface area contributed by atoms with E-state index < -0.39 is 11.7 Å². The van der Waals surface area contributed by atoms with Gasteiger partial charge in [-0.2, -0.15) is 4.98 Å². The van der Waals surface area contributed by atoms with Crippen LogP contribution in [0, 0.1) is 5.82 Å². The molecule has 2 heterocycles. The van der Waals surface area contributed by atoms with Crippen LogP contribution >= 0.6 is 0 Å². The summed E-state index contributed by atoms with van der Waals surface area (Å²) < 4.78 is 19.1. The van der Waals surface area contributed by atoms with E-state index in [0.717, 1.165) is 19.5 Å². The molecule has 0 unspecified atom stereocenters. The second kappa shape index (κ2) is 8.52. The maximum atomic E-state index is 13.5. The van der Waals surface area contributed by atoms with Crippen LogP contribution in [0.15, 0.2) is 36.4 Å². The first-order valence-electron chi connectivity index (χ1n) is 9.65. The van der Waals surface area contributed by atoms with Gasteiger partial charge in [0.05, 0.1) is 12.8 Å². The molecule has 3 aromatic rings. The molecule has 1 aliphatic heterocycles. The normalized spacial score (nSPS) is 13.4. The number of benzene rings is 2. The van der Waals surface area contributed by atoms with E-state index in [1.165, 1.54) is 29.3 Å². The van der Waals surface area contributed by atoms with Gasteiger partial charge in [0.1, 0.15) is 11.6 Å². The van der Waals surface area contributed by atoms with Crippen molar-refractivity contribution in [1.82, 2.24) is 20.1 Å². The Kier molecular flexibility index (Phi) is 5.63. The van der Waals surface area contributed by atoms with Gasteiger partial charge >= 0.3 is 0 Å². The topological polar surface area (TPSA) is 118 Å². The minimum absolute atomic E-state index is 0.0623. The fraction of sp³-hybridized carbons (Fsp3) is 0.238. The predicted molar refractivity (Wildman–Crippen MR) is 114 cm³/mol. The molecular weight excluding hydrogens is 401 g/mol. The van der Waals surface area contributed by atoms with Crippen LogP contribution < -0.4 is 21.1 Å². The Bertz CT molecular complexity index is 1140. The molecule has 9 nitrogen and oxygen atoms in total. The number of carbonyl (C=O) groups is 1. The molecule has 4 N–H and O–H groups in total. The number of carbonyl (C=O) groups excluding carboxylic acids is 1. The van der Waals surface area contributed by atoms with Crippen LogP contribution in [0.3, 0.4) is 0 Å². The molecule has 0 saturated heterocycles. The van der Waals surface area contributed by atoms with Crippen LogP contribution in [0.1, 0.15) is 21.6 Å². The number of ether oxygens (including phenoxy) is 1. The van der Waals surface area contributed by atoms with Crippen molar-refractivity contribution in [2.24, 2.45) is 5.73 Å². The van der Waals surface area contributed by atoms with Gasteiger partial charge in [0.25, 0.3) is 5.91 Å². The SMILES string of the molecule is COc1cc2c(cc1Nc1nnc(C(N)=O)c(Nc3cccc(F)c3)n1)CN(C)CC2. The predicted octanol–water partition coefficient (Wildman–Crippen LogP) is 2.59. The van der Waals surface area contributed by atoms with Crippen LogP contribution in [-0.2, 0) is 13.0 Å². The molecule has 0 saturated carbocycles. The number of nitrogens with two attached hydrogens (primary N) is 1. The van der Waals surface area contributed by atoms with E-state index in [1.807, 2.05) is 12.1 Å². The van der Waals surface area contributed by atoms with Gasteiger partial charge < -0.3 is 26.0 Å². The second-order valence-corrected chi connectivity index (χ2v) is 7.27. The van der Waals surface area contributed by atoms with E-state index in [9.17, 15) is 9.18 Å². The van der Waals surface area contributed by atoms with Gasteiger partial charge in [-0.1, -0.05) is 6.07 Å². The van der Waals surface area contributed by atoms with E-state index >= 15 is 0 Å². The molecule has 2 aromatic carbocycles. The summed E-state index contributed by atoms with van der Waals surface area (Å²) >= 11 is 0. The molecule has 1 amide bonds. The third-order valence-electron chi connectivity index (χ3n) is 4.98. The first-order valence-corrected chi connectivity index (χ1v) is 9.65. The van der Waals surface area contributed by atoms with Gasteiger partial charge in [0.2, 0.25) is 5.95 Å². The number of amides is 1. The fourth-order valence-electron chi connectivity index (χ4n) is 3.45. The Morgan fingerprint density at radius 2 is 2.03 bits per heavy atom. The molecule has 0 spiro atoms. The molecule has 10 heteroatoms. The highest BCUT2D eigenvalue weighted by Gasteiger charge is 2.19. The number of anilines is 4. The van der Waals surface area contributed by atoms with E-state index in [-0.39, 0.29) is 17.5 Å². The molecule has 1 aromatic heterocycles. The third kappa shape index (κ3) is 4.53. The molecule has 0 bridgehead atoms. The monoisotopic (exact) mass is 423 g/mol. The second-order valence-electron chi connectivity index (χ2n) is 7.27. The molecule has 31 heavy (non-hydrogen) atoms. The van der Waals surface area contributed by atoms with Crippen molar-refractivity contribution >= 4 is 29.0 Å². The highest BCUT2D eigenvalue weighted by atomic mass is 19.1. The van der Waals surface area contributed by atoms with Gasteiger partial charge in [-0.05, 0) is 54.9 Å². The van der Waals surface area contributed by atoms with E-state index in [2.05, 4.69) is 37.8 Å². The van der Waals surface area contributed by atoms with Crippen LogP contribution in [0.4, 0.5) is 27.5 Å². The summed E-state index contributed by atoms with van der Waals surface area (Å²) in [4.78, 5) is 18.3. The number of nitrogens with zero attached hydrogens (tertiary/aromatic N) is 4. The molecule has 0 fully saturated rings. The molecule has 160 valence electrons. The summed E-state index contributed by atoms with van der Waals surface area (Å²) in [5.41, 5.74) is 8.71. The van der Waals surface area contributed by atoms with Crippen molar-refractivity contribution in [2.75, 3.05) is 31.3 Å². The van der Waals surface area contributed by atoms with E-state index in [1.54, 1.807) is 13.2 Å². The summed E-state index contributed by atoms with van der Waals surface area (Å²) in [6.45, 7) is 1.81. The number of methoxy groups -OCH3 is 1. The summed E-state index contributed by atoms with van der Waals surface area (Å²) in [5.74, 6) is -0.404. The lowest BCUT2D eigenvalue weighted by Gasteiger charge is -2.26. The maximum Gasteiger partial charge on any atom is 0.273 e. The lowest BCUT2D eigenvalue weighted by atomic mass is 9.99. The standard InChI is InChI=1S/C21H22FN7O2/c1-29-7-6-12-9-17(31-2)16(8-13(12)11-29)25-21-26-20(18(19(23)30)27-28-21)24-15-5-3-4-14(22)10-15/h3-5,8-10H,6-7,11H2,1-2H3,(H2,23,30)(H2,24,25,26,28). The van der Waals surface area contributed by atoms with Crippen LogP contribution in [0.5, 0.6) is 5.75 Å². The molecule has 0 radical (unpaired) electrons. The summed E-state index contributed by atoms with van der Waals surface area (Å²) in [6, 6.07) is 9.74. The summed E-state index contributed by atoms with van der Waals surface area (Å²) in [7, 11) is 3.66. The minimum atomic E-state index is -0.806. The number of halogens is 1. The van der Waals surface area contributed by atoms with E-state index in [4.69, 9.17) is 10.5 Å². The lowest BCUT2D eigenvalue weighted by molar-refractivity contribution is 0.0995. The Morgan fingerprint density at radius 1 is 1.19 bits per heavy atom. The quantitative estimate of drug-likeness (QED) is 0.554. The van der Waals surface area contributed by atoms with Gasteiger partial charge in [0, 0.05) is 18.8 Å². The maximum absolute atomic E-state index is 13.5. The Labute approximate surface area is 178 Å². The van der Waals surface area contributed by atoms with Crippen molar-refractivity contribution in [3.8, 4) is 5.75 Å². The number of likely N-dealkylation sites (N-methyl/N-ethyl adjacent to an activating group) is 1. The van der Waals surface area contributed by atoms with Crippen molar-refractivity contribution in [2.45, 2.75) is 13.0 Å². The number of aromatic nitrogens is 3. The van der Waals surface area contributed by atoms with Crippen molar-refractivity contribution in [1.29, 1.82) is 0 Å². The average molecular weight is 423 g/mol. The molecule has 0 aliphatic carbocycles. The fourth-order valence-corrected chi connectivity index (χ4v) is 3.45. The first-order chi connectivity index (χ1) is 14.9. The molecule has 4 rings (SSSR count). The zero-order valence-corrected chi connectivity index (χ0v) is 17.1. The average Bonchev–Trinajstić information content (AvgIpc) is 2.73. The first kappa shape index (κ1) is 20.5. The van der Waals surface area contributed by atoms with Gasteiger partial charge in [-0.25, -0.2) is 4.39 Å². The highest BCUT2D eigenvalue weighted by molar-refractivity contribution is 5.96. The summed E-state index contributed by atoms with van der Waals surface area (Å²) in [5, 5.41) is 13.8. The number of hydrogen-bond acceptors (Lipinski definition) is 8. The number of fused-ring (bicyclic) bond motifs is 1. The van der Waals surface area contributed by atoms with Crippen LogP contribution in [-0.4, -0.2) is 46.7 Å². The zero-order valence-electron chi connectivity index (χ0n) is 17.1.